The highest BCUT2D eigenvalue weighted by Crippen LogP contribution is 2.04. The molecular formula is C11H18N4O. The average molecular weight is 222 g/mol. The summed E-state index contributed by atoms with van der Waals surface area (Å²) in [4.78, 5) is 19.7. The summed E-state index contributed by atoms with van der Waals surface area (Å²) in [5.41, 5.74) is 0.893. The first-order valence-electron chi connectivity index (χ1n) is 5.44. The zero-order valence-corrected chi connectivity index (χ0v) is 10.0. The lowest BCUT2D eigenvalue weighted by molar-refractivity contribution is -0.119. The summed E-state index contributed by atoms with van der Waals surface area (Å²) < 4.78 is 0. The van der Waals surface area contributed by atoms with Gasteiger partial charge in [-0.05, 0) is 20.3 Å². The number of nitrogens with zero attached hydrogens (tertiary/aromatic N) is 2. The zero-order valence-electron chi connectivity index (χ0n) is 10.0. The van der Waals surface area contributed by atoms with Crippen molar-refractivity contribution in [2.45, 2.75) is 27.2 Å². The monoisotopic (exact) mass is 222 g/mol. The van der Waals surface area contributed by atoms with E-state index >= 15 is 0 Å². The molecule has 2 N–H and O–H groups in total. The summed E-state index contributed by atoms with van der Waals surface area (Å²) in [6, 6.07) is 1.82. The third-order valence-electron chi connectivity index (χ3n) is 1.97. The Morgan fingerprint density at radius 1 is 1.38 bits per heavy atom. The molecule has 5 nitrogen and oxygen atoms in total. The van der Waals surface area contributed by atoms with Crippen molar-refractivity contribution < 1.29 is 4.79 Å². The molecule has 0 aliphatic carbocycles. The van der Waals surface area contributed by atoms with Crippen LogP contribution in [0.2, 0.25) is 0 Å². The van der Waals surface area contributed by atoms with Gasteiger partial charge in [0, 0.05) is 18.3 Å². The first kappa shape index (κ1) is 12.4. The van der Waals surface area contributed by atoms with Gasteiger partial charge < -0.3 is 10.6 Å². The third-order valence-corrected chi connectivity index (χ3v) is 1.97. The van der Waals surface area contributed by atoms with Crippen LogP contribution in [0.15, 0.2) is 6.07 Å². The van der Waals surface area contributed by atoms with Crippen molar-refractivity contribution in [2.24, 2.45) is 0 Å². The number of aromatic nitrogens is 2. The first-order chi connectivity index (χ1) is 7.61. The molecule has 5 heteroatoms. The molecule has 1 rings (SSSR count). The highest BCUT2D eigenvalue weighted by atomic mass is 16.1. The zero-order chi connectivity index (χ0) is 12.0. The topological polar surface area (TPSA) is 66.9 Å². The van der Waals surface area contributed by atoms with E-state index in [9.17, 15) is 4.79 Å². The summed E-state index contributed by atoms with van der Waals surface area (Å²) in [5, 5.41) is 5.76. The number of hydrogen-bond donors (Lipinski definition) is 2. The van der Waals surface area contributed by atoms with Gasteiger partial charge >= 0.3 is 0 Å². The summed E-state index contributed by atoms with van der Waals surface area (Å²) in [5.74, 6) is 1.38. The number of aryl methyl sites for hydroxylation is 2. The summed E-state index contributed by atoms with van der Waals surface area (Å²) >= 11 is 0. The highest BCUT2D eigenvalue weighted by Gasteiger charge is 2.02. The lowest BCUT2D eigenvalue weighted by atomic mass is 10.4. The quantitative estimate of drug-likeness (QED) is 0.781. The Bertz CT molecular complexity index is 345. The minimum Gasteiger partial charge on any atom is -0.361 e. The fraction of sp³-hybridized carbons (Fsp3) is 0.545. The predicted octanol–water partition coefficient (Wildman–Crippen LogP) is 1.03. The van der Waals surface area contributed by atoms with Crippen LogP contribution in [0, 0.1) is 13.8 Å². The lowest BCUT2D eigenvalue weighted by Crippen LogP contribution is -2.30. The van der Waals surface area contributed by atoms with E-state index in [0.29, 0.717) is 18.2 Å². The third kappa shape index (κ3) is 4.25. The number of nitrogens with one attached hydrogen (secondary N) is 2. The maximum absolute atomic E-state index is 11.3. The van der Waals surface area contributed by atoms with Crippen molar-refractivity contribution in [3.05, 3.63) is 17.6 Å². The molecule has 0 fully saturated rings. The first-order valence-corrected chi connectivity index (χ1v) is 5.44. The van der Waals surface area contributed by atoms with Crippen LogP contribution in [0.3, 0.4) is 0 Å². The molecule has 1 amide bonds. The van der Waals surface area contributed by atoms with E-state index < -0.39 is 0 Å². The van der Waals surface area contributed by atoms with Crippen molar-refractivity contribution in [3.8, 4) is 0 Å². The smallest absolute Gasteiger partial charge is 0.239 e. The Kier molecular flexibility index (Phi) is 4.69. The second-order valence-corrected chi connectivity index (χ2v) is 3.65. The van der Waals surface area contributed by atoms with Gasteiger partial charge in [0.2, 0.25) is 5.91 Å². The van der Waals surface area contributed by atoms with Crippen LogP contribution in [0.5, 0.6) is 0 Å². The van der Waals surface area contributed by atoms with Gasteiger partial charge in [0.15, 0.2) is 0 Å². The highest BCUT2D eigenvalue weighted by molar-refractivity contribution is 5.80. The van der Waals surface area contributed by atoms with Gasteiger partial charge in [-0.15, -0.1) is 0 Å². The van der Waals surface area contributed by atoms with Crippen LogP contribution in [0.1, 0.15) is 24.9 Å². The normalized spacial score (nSPS) is 9.94. The standard InChI is InChI=1S/C11H18N4O/c1-4-5-12-11(16)7-13-10-6-8(2)14-9(3)15-10/h6H,4-5,7H2,1-3H3,(H,12,16)(H,13,14,15). The maximum atomic E-state index is 11.3. The van der Waals surface area contributed by atoms with E-state index in [2.05, 4.69) is 20.6 Å². The van der Waals surface area contributed by atoms with Gasteiger partial charge in [0.05, 0.1) is 6.54 Å². The van der Waals surface area contributed by atoms with Crippen molar-refractivity contribution in [3.63, 3.8) is 0 Å². The number of anilines is 1. The van der Waals surface area contributed by atoms with Crippen LogP contribution in [-0.2, 0) is 4.79 Å². The molecule has 16 heavy (non-hydrogen) atoms. The fourth-order valence-electron chi connectivity index (χ4n) is 1.31. The minimum absolute atomic E-state index is 0.0178. The molecule has 88 valence electrons. The Labute approximate surface area is 95.7 Å². The molecule has 0 saturated carbocycles. The van der Waals surface area contributed by atoms with Crippen LogP contribution < -0.4 is 10.6 Å². The molecule has 0 aliphatic heterocycles. The lowest BCUT2D eigenvalue weighted by Gasteiger charge is -2.07. The predicted molar refractivity (Wildman–Crippen MR) is 63.3 cm³/mol. The van der Waals surface area contributed by atoms with E-state index in [1.165, 1.54) is 0 Å². The van der Waals surface area contributed by atoms with E-state index in [0.717, 1.165) is 12.1 Å². The number of rotatable bonds is 5. The van der Waals surface area contributed by atoms with Gasteiger partial charge in [-0.3, -0.25) is 4.79 Å². The number of hydrogen-bond acceptors (Lipinski definition) is 4. The molecule has 0 spiro atoms. The van der Waals surface area contributed by atoms with E-state index in [4.69, 9.17) is 0 Å². The second kappa shape index (κ2) is 6.05. The van der Waals surface area contributed by atoms with Crippen molar-refractivity contribution in [1.29, 1.82) is 0 Å². The minimum atomic E-state index is -0.0178. The Morgan fingerprint density at radius 2 is 2.12 bits per heavy atom. The van der Waals surface area contributed by atoms with Gasteiger partial charge in [-0.25, -0.2) is 9.97 Å². The van der Waals surface area contributed by atoms with E-state index in [-0.39, 0.29) is 12.5 Å². The van der Waals surface area contributed by atoms with Crippen molar-refractivity contribution in [1.82, 2.24) is 15.3 Å². The van der Waals surface area contributed by atoms with Crippen molar-refractivity contribution >= 4 is 11.7 Å². The summed E-state index contributed by atoms with van der Waals surface area (Å²) in [6.07, 6.45) is 0.942. The number of carbonyl (C=O) groups excluding carboxylic acids is 1. The number of carbonyl (C=O) groups is 1. The van der Waals surface area contributed by atoms with Crippen LogP contribution in [0.4, 0.5) is 5.82 Å². The largest absolute Gasteiger partial charge is 0.361 e. The molecule has 1 aromatic heterocycles. The number of amides is 1. The van der Waals surface area contributed by atoms with Gasteiger partial charge in [0.25, 0.3) is 0 Å². The molecule has 0 radical (unpaired) electrons. The van der Waals surface area contributed by atoms with Gasteiger partial charge in [-0.1, -0.05) is 6.92 Å². The maximum Gasteiger partial charge on any atom is 0.239 e. The molecule has 0 bridgehead atoms. The second-order valence-electron chi connectivity index (χ2n) is 3.65. The Morgan fingerprint density at radius 3 is 2.75 bits per heavy atom. The van der Waals surface area contributed by atoms with Crippen molar-refractivity contribution in [2.75, 3.05) is 18.4 Å². The molecule has 1 heterocycles. The van der Waals surface area contributed by atoms with Gasteiger partial charge in [-0.2, -0.15) is 0 Å². The molecule has 0 aromatic carbocycles. The summed E-state index contributed by atoms with van der Waals surface area (Å²) in [7, 11) is 0. The molecule has 0 aliphatic rings. The van der Waals surface area contributed by atoms with E-state index in [1.807, 2.05) is 26.8 Å². The van der Waals surface area contributed by atoms with Crippen LogP contribution in [-0.4, -0.2) is 29.0 Å². The average Bonchev–Trinajstić information content (AvgIpc) is 2.22. The molecule has 0 unspecified atom stereocenters. The van der Waals surface area contributed by atoms with E-state index in [1.54, 1.807) is 0 Å². The molecular weight excluding hydrogens is 204 g/mol. The van der Waals surface area contributed by atoms with Crippen LogP contribution >= 0.6 is 0 Å². The fourth-order valence-corrected chi connectivity index (χ4v) is 1.31. The molecule has 0 saturated heterocycles. The Hall–Kier alpha value is -1.65. The van der Waals surface area contributed by atoms with Gasteiger partial charge in [0.1, 0.15) is 11.6 Å². The Balaban J connectivity index is 2.45. The molecule has 0 atom stereocenters. The summed E-state index contributed by atoms with van der Waals surface area (Å²) in [6.45, 7) is 6.70. The molecule has 1 aromatic rings. The SMILES string of the molecule is CCCNC(=O)CNc1cc(C)nc(C)n1. The van der Waals surface area contributed by atoms with Crippen LogP contribution in [0.25, 0.3) is 0 Å².